The highest BCUT2D eigenvalue weighted by Gasteiger charge is 2.21. The molecular weight excluding hydrogens is 373 g/mol. The fourth-order valence-electron chi connectivity index (χ4n) is 1.62. The minimum Gasteiger partial charge on any atom is -0.480 e. The second kappa shape index (κ2) is 10.1. The van der Waals surface area contributed by atoms with Crippen LogP contribution in [0.25, 0.3) is 0 Å². The van der Waals surface area contributed by atoms with E-state index in [9.17, 15) is 9.59 Å². The number of rotatable bonds is 8. The summed E-state index contributed by atoms with van der Waals surface area (Å²) >= 11 is 13.1. The van der Waals surface area contributed by atoms with Gasteiger partial charge in [0.15, 0.2) is 0 Å². The molecule has 1 aromatic carbocycles. The van der Waals surface area contributed by atoms with Gasteiger partial charge in [0.05, 0.1) is 10.0 Å². The second-order valence-corrected chi connectivity index (χ2v) is 6.39. The van der Waals surface area contributed by atoms with Gasteiger partial charge in [0.1, 0.15) is 17.7 Å². The first-order valence-corrected chi connectivity index (χ1v) is 8.88. The number of hydrogen-bond acceptors (Lipinski definition) is 5. The average Bonchev–Trinajstić information content (AvgIpc) is 2.54. The molecule has 128 valence electrons. The minimum absolute atomic E-state index is 0.253. The summed E-state index contributed by atoms with van der Waals surface area (Å²) in [6.45, 7) is 0. The Hall–Kier alpha value is -1.88. The summed E-state index contributed by atoms with van der Waals surface area (Å²) in [5, 5.41) is 24.0. The number of benzene rings is 1. The van der Waals surface area contributed by atoms with E-state index in [0.717, 1.165) is 0 Å². The summed E-state index contributed by atoms with van der Waals surface area (Å²) < 4.78 is 0. The molecule has 0 spiro atoms. The Balaban J connectivity index is 2.79. The summed E-state index contributed by atoms with van der Waals surface area (Å²) in [5.41, 5.74) is 0.276. The third-order valence-electron chi connectivity index (χ3n) is 2.88. The number of carbonyl (C=O) groups excluding carboxylic acids is 1. The van der Waals surface area contributed by atoms with Crippen molar-refractivity contribution in [3.63, 3.8) is 0 Å². The van der Waals surface area contributed by atoms with Crippen molar-refractivity contribution in [2.75, 3.05) is 17.3 Å². The van der Waals surface area contributed by atoms with Gasteiger partial charge in [-0.3, -0.25) is 4.79 Å². The molecule has 0 aliphatic heterocycles. The number of thioether (sulfide) groups is 1. The molecule has 0 saturated carbocycles. The highest BCUT2D eigenvalue weighted by atomic mass is 35.5. The first-order chi connectivity index (χ1) is 11.4. The molecule has 6 nitrogen and oxygen atoms in total. The zero-order chi connectivity index (χ0) is 18.1. The van der Waals surface area contributed by atoms with Gasteiger partial charge in [-0.2, -0.15) is 17.0 Å². The quantitative estimate of drug-likeness (QED) is 0.467. The van der Waals surface area contributed by atoms with Gasteiger partial charge in [-0.15, -0.1) is 0 Å². The van der Waals surface area contributed by atoms with E-state index < -0.39 is 17.9 Å². The Morgan fingerprint density at radius 3 is 2.67 bits per heavy atom. The highest BCUT2D eigenvalue weighted by Crippen LogP contribution is 2.25. The zero-order valence-electron chi connectivity index (χ0n) is 12.7. The van der Waals surface area contributed by atoms with Crippen LogP contribution in [0.2, 0.25) is 10.0 Å². The summed E-state index contributed by atoms with van der Waals surface area (Å²) in [7, 11) is 0. The number of hydrogen-bond donors (Lipinski definition) is 3. The smallest absolute Gasteiger partial charge is 0.326 e. The van der Waals surface area contributed by atoms with Crippen LogP contribution >= 0.6 is 35.0 Å². The lowest BCUT2D eigenvalue weighted by Crippen LogP contribution is -2.41. The molecule has 0 aromatic heterocycles. The Morgan fingerprint density at radius 2 is 2.12 bits per heavy atom. The van der Waals surface area contributed by atoms with E-state index in [1.807, 2.05) is 6.26 Å². The maximum Gasteiger partial charge on any atom is 0.326 e. The second-order valence-electron chi connectivity index (χ2n) is 4.59. The predicted octanol–water partition coefficient (Wildman–Crippen LogP) is 3.14. The number of nitriles is 1. The Kier molecular flexibility index (Phi) is 8.47. The molecule has 0 aliphatic rings. The molecule has 0 saturated heterocycles. The van der Waals surface area contributed by atoms with Crippen molar-refractivity contribution < 1.29 is 14.7 Å². The molecule has 1 rings (SSSR count). The van der Waals surface area contributed by atoms with Crippen molar-refractivity contribution in [1.82, 2.24) is 5.32 Å². The molecule has 0 heterocycles. The molecule has 3 N–H and O–H groups in total. The highest BCUT2D eigenvalue weighted by molar-refractivity contribution is 7.98. The third kappa shape index (κ3) is 6.32. The third-order valence-corrected chi connectivity index (χ3v) is 4.26. The van der Waals surface area contributed by atoms with Crippen molar-refractivity contribution >= 4 is 52.5 Å². The number of aliphatic carboxylic acids is 1. The first-order valence-electron chi connectivity index (χ1n) is 6.73. The Morgan fingerprint density at radius 1 is 1.42 bits per heavy atom. The van der Waals surface area contributed by atoms with E-state index in [1.165, 1.54) is 24.0 Å². The first kappa shape index (κ1) is 20.2. The van der Waals surface area contributed by atoms with Crippen molar-refractivity contribution in [1.29, 1.82) is 5.26 Å². The van der Waals surface area contributed by atoms with Gasteiger partial charge >= 0.3 is 5.97 Å². The van der Waals surface area contributed by atoms with E-state index in [2.05, 4.69) is 10.6 Å². The van der Waals surface area contributed by atoms with Crippen LogP contribution < -0.4 is 10.6 Å². The minimum atomic E-state index is -1.15. The number of amides is 1. The van der Waals surface area contributed by atoms with Gasteiger partial charge < -0.3 is 15.7 Å². The molecule has 0 fully saturated rings. The van der Waals surface area contributed by atoms with E-state index in [-0.39, 0.29) is 12.0 Å². The number of anilines is 1. The lowest BCUT2D eigenvalue weighted by molar-refractivity contribution is -0.141. The van der Waals surface area contributed by atoms with Gasteiger partial charge in [-0.1, -0.05) is 23.2 Å². The molecule has 1 unspecified atom stereocenters. The number of carbonyl (C=O) groups is 2. The molecule has 0 radical (unpaired) electrons. The van der Waals surface area contributed by atoms with Gasteiger partial charge in [-0.25, -0.2) is 4.79 Å². The zero-order valence-corrected chi connectivity index (χ0v) is 15.0. The van der Waals surface area contributed by atoms with Crippen LogP contribution in [-0.2, 0) is 9.59 Å². The number of nitrogens with one attached hydrogen (secondary N) is 2. The van der Waals surface area contributed by atoms with Crippen molar-refractivity contribution in [2.24, 2.45) is 0 Å². The molecular formula is C15H15Cl2N3O3S. The predicted molar refractivity (Wildman–Crippen MR) is 96.3 cm³/mol. The molecule has 9 heteroatoms. The fourth-order valence-corrected chi connectivity index (χ4v) is 2.39. The monoisotopic (exact) mass is 387 g/mol. The van der Waals surface area contributed by atoms with Crippen molar-refractivity contribution in [2.45, 2.75) is 12.5 Å². The maximum atomic E-state index is 12.0. The van der Waals surface area contributed by atoms with Gasteiger partial charge in [0.2, 0.25) is 0 Å². The molecule has 1 amide bonds. The van der Waals surface area contributed by atoms with E-state index in [0.29, 0.717) is 21.5 Å². The van der Waals surface area contributed by atoms with Crippen LogP contribution in [0.5, 0.6) is 0 Å². The largest absolute Gasteiger partial charge is 0.480 e. The Labute approximate surface area is 153 Å². The molecule has 1 atom stereocenters. The molecule has 0 bridgehead atoms. The van der Waals surface area contributed by atoms with Crippen LogP contribution in [0.4, 0.5) is 5.69 Å². The van der Waals surface area contributed by atoms with Crippen LogP contribution in [0, 0.1) is 11.3 Å². The van der Waals surface area contributed by atoms with Crippen LogP contribution in [-0.4, -0.2) is 35.0 Å². The molecule has 24 heavy (non-hydrogen) atoms. The number of nitrogens with zero attached hydrogens (tertiary/aromatic N) is 1. The lowest BCUT2D eigenvalue weighted by Gasteiger charge is -2.13. The number of halogens is 2. The number of carboxylic acids is 1. The molecule has 0 aliphatic carbocycles. The van der Waals surface area contributed by atoms with Crippen molar-refractivity contribution in [3.8, 4) is 6.07 Å². The summed E-state index contributed by atoms with van der Waals surface area (Å²) in [4.78, 5) is 23.2. The van der Waals surface area contributed by atoms with Crippen LogP contribution in [0.3, 0.4) is 0 Å². The SMILES string of the molecule is CSCCC(NC(=O)/C(C#N)=C\Nc1ccc(Cl)c(Cl)c1)C(=O)O. The topological polar surface area (TPSA) is 102 Å². The summed E-state index contributed by atoms with van der Waals surface area (Å²) in [6.07, 6.45) is 3.28. The summed E-state index contributed by atoms with van der Waals surface area (Å²) in [6, 6.07) is 5.40. The average molecular weight is 388 g/mol. The summed E-state index contributed by atoms with van der Waals surface area (Å²) in [5.74, 6) is -1.34. The van der Waals surface area contributed by atoms with Gasteiger partial charge in [-0.05, 0) is 36.6 Å². The number of carboxylic acid groups (broad SMARTS) is 1. The van der Waals surface area contributed by atoms with E-state index in [4.69, 9.17) is 33.6 Å². The van der Waals surface area contributed by atoms with Gasteiger partial charge in [0.25, 0.3) is 5.91 Å². The van der Waals surface area contributed by atoms with E-state index in [1.54, 1.807) is 18.2 Å². The van der Waals surface area contributed by atoms with Crippen LogP contribution in [0.15, 0.2) is 30.0 Å². The molecule has 1 aromatic rings. The van der Waals surface area contributed by atoms with E-state index >= 15 is 0 Å². The van der Waals surface area contributed by atoms with Gasteiger partial charge in [0, 0.05) is 11.9 Å². The fraction of sp³-hybridized carbons (Fsp3) is 0.267. The standard InChI is InChI=1S/C15H15Cl2N3O3S/c1-24-5-4-13(15(22)23)20-14(21)9(7-18)8-19-10-2-3-11(16)12(17)6-10/h2-3,6,8,13,19H,4-5H2,1H3,(H,20,21)(H,22,23)/b9-8-. The van der Waals surface area contributed by atoms with Crippen LogP contribution in [0.1, 0.15) is 6.42 Å². The van der Waals surface area contributed by atoms with Crippen molar-refractivity contribution in [3.05, 3.63) is 40.0 Å². The Bertz CT molecular complexity index is 689. The maximum absolute atomic E-state index is 12.0. The lowest BCUT2D eigenvalue weighted by atomic mass is 10.2. The normalized spacial score (nSPS) is 12.2.